The Labute approximate surface area is 156 Å². The number of carbonyl (C=O) groups excluding carboxylic acids is 1. The summed E-state index contributed by atoms with van der Waals surface area (Å²) >= 11 is 1.65. The molecular weight excluding hydrogens is 348 g/mol. The van der Waals surface area contributed by atoms with E-state index in [-0.39, 0.29) is 23.4 Å². The maximum atomic E-state index is 12.9. The van der Waals surface area contributed by atoms with Gasteiger partial charge in [-0.15, -0.1) is 11.3 Å². The van der Waals surface area contributed by atoms with Crippen molar-refractivity contribution in [2.24, 2.45) is 11.7 Å². The minimum atomic E-state index is -0.323. The average Bonchev–Trinajstić information content (AvgIpc) is 3.42. The molecule has 2 aliphatic carbocycles. The molecule has 0 spiro atoms. The Bertz CT molecular complexity index is 899. The first-order valence-electron chi connectivity index (χ1n) is 9.52. The molecule has 2 heterocycles. The van der Waals surface area contributed by atoms with Crippen molar-refractivity contribution in [1.82, 2.24) is 14.9 Å². The minimum absolute atomic E-state index is 0.00835. The number of aromatic nitrogens is 2. The van der Waals surface area contributed by atoms with Crippen LogP contribution < -0.4 is 16.6 Å². The van der Waals surface area contributed by atoms with Crippen LogP contribution >= 0.6 is 11.3 Å². The van der Waals surface area contributed by atoms with E-state index in [2.05, 4.69) is 10.3 Å². The topological polar surface area (TPSA) is 90.0 Å². The normalized spacial score (nSPS) is 19.2. The van der Waals surface area contributed by atoms with E-state index in [1.54, 1.807) is 22.2 Å². The molecule has 6 nitrogen and oxygen atoms in total. The van der Waals surface area contributed by atoms with E-state index in [9.17, 15) is 9.59 Å². The quantitative estimate of drug-likeness (QED) is 0.809. The summed E-state index contributed by atoms with van der Waals surface area (Å²) in [5.74, 6) is 0.429. The van der Waals surface area contributed by atoms with E-state index in [0.29, 0.717) is 19.0 Å². The zero-order valence-corrected chi connectivity index (χ0v) is 16.0. The molecule has 0 aliphatic heterocycles. The number of nitrogens with one attached hydrogen (secondary N) is 1. The van der Waals surface area contributed by atoms with Gasteiger partial charge in [-0.25, -0.2) is 4.98 Å². The second-order valence-corrected chi connectivity index (χ2v) is 8.91. The van der Waals surface area contributed by atoms with Crippen LogP contribution in [0.2, 0.25) is 0 Å². The standard InChI is InChI=1S/C19H26N4O2S/c1-19(10-20,12-6-7-12)22-15(24)8-9-23-11-21-17-16(18(23)25)13-4-2-3-5-14(13)26-17/h11-12H,2-10,20H2,1H3,(H,22,24). The Morgan fingerprint density at radius 1 is 1.42 bits per heavy atom. The summed E-state index contributed by atoms with van der Waals surface area (Å²) < 4.78 is 1.58. The van der Waals surface area contributed by atoms with Crippen LogP contribution in [0.25, 0.3) is 10.2 Å². The summed E-state index contributed by atoms with van der Waals surface area (Å²) in [6.07, 6.45) is 8.44. The van der Waals surface area contributed by atoms with Gasteiger partial charge in [0.25, 0.3) is 5.56 Å². The van der Waals surface area contributed by atoms with Crippen LogP contribution in [0.3, 0.4) is 0 Å². The van der Waals surface area contributed by atoms with Crippen LogP contribution in [-0.4, -0.2) is 27.5 Å². The molecule has 7 heteroatoms. The second kappa shape index (κ2) is 6.78. The Balaban J connectivity index is 1.50. The van der Waals surface area contributed by atoms with Crippen LogP contribution in [0.1, 0.15) is 49.5 Å². The Morgan fingerprint density at radius 2 is 2.19 bits per heavy atom. The lowest BCUT2D eigenvalue weighted by Crippen LogP contribution is -2.53. The summed E-state index contributed by atoms with van der Waals surface area (Å²) in [5.41, 5.74) is 6.72. The number of aryl methyl sites for hydroxylation is 3. The molecule has 0 saturated heterocycles. The van der Waals surface area contributed by atoms with Crippen molar-refractivity contribution in [3.8, 4) is 0 Å². The molecule has 1 unspecified atom stereocenters. The summed E-state index contributed by atoms with van der Waals surface area (Å²) in [5, 5.41) is 3.85. The van der Waals surface area contributed by atoms with E-state index in [4.69, 9.17) is 5.73 Å². The van der Waals surface area contributed by atoms with Gasteiger partial charge in [0, 0.05) is 24.4 Å². The Morgan fingerprint density at radius 3 is 2.92 bits per heavy atom. The molecule has 1 atom stereocenters. The first kappa shape index (κ1) is 17.7. The molecule has 2 aromatic heterocycles. The third-order valence-electron chi connectivity index (χ3n) is 5.85. The molecular formula is C19H26N4O2S. The second-order valence-electron chi connectivity index (χ2n) is 7.83. The SMILES string of the molecule is CC(CN)(NC(=O)CCn1cnc2sc3c(c2c1=O)CCCC3)C1CC1. The fourth-order valence-corrected chi connectivity index (χ4v) is 5.20. The van der Waals surface area contributed by atoms with Crippen molar-refractivity contribution < 1.29 is 4.79 Å². The van der Waals surface area contributed by atoms with Crippen LogP contribution in [0.5, 0.6) is 0 Å². The number of hydrogen-bond donors (Lipinski definition) is 2. The van der Waals surface area contributed by atoms with Crippen molar-refractivity contribution in [3.63, 3.8) is 0 Å². The lowest BCUT2D eigenvalue weighted by Gasteiger charge is -2.29. The number of rotatable bonds is 6. The lowest BCUT2D eigenvalue weighted by molar-refractivity contribution is -0.123. The highest BCUT2D eigenvalue weighted by Crippen LogP contribution is 2.39. The number of nitrogens with two attached hydrogens (primary N) is 1. The molecule has 4 rings (SSSR count). The van der Waals surface area contributed by atoms with Crippen LogP contribution in [0.15, 0.2) is 11.1 Å². The molecule has 0 radical (unpaired) electrons. The van der Waals surface area contributed by atoms with E-state index >= 15 is 0 Å². The van der Waals surface area contributed by atoms with Gasteiger partial charge in [-0.05, 0) is 56.9 Å². The highest BCUT2D eigenvalue weighted by molar-refractivity contribution is 7.18. The van der Waals surface area contributed by atoms with Gasteiger partial charge in [0.15, 0.2) is 0 Å². The summed E-state index contributed by atoms with van der Waals surface area (Å²) in [6.45, 7) is 2.81. The first-order chi connectivity index (χ1) is 12.5. The molecule has 2 aliphatic rings. The summed E-state index contributed by atoms with van der Waals surface area (Å²) in [4.78, 5) is 31.9. The third-order valence-corrected chi connectivity index (χ3v) is 7.05. The number of carbonyl (C=O) groups is 1. The van der Waals surface area contributed by atoms with Gasteiger partial charge < -0.3 is 11.1 Å². The van der Waals surface area contributed by atoms with E-state index in [1.165, 1.54) is 16.9 Å². The van der Waals surface area contributed by atoms with E-state index < -0.39 is 0 Å². The molecule has 2 aromatic rings. The average molecular weight is 375 g/mol. The predicted octanol–water partition coefficient (Wildman–Crippen LogP) is 1.97. The zero-order chi connectivity index (χ0) is 18.3. The fourth-order valence-electron chi connectivity index (χ4n) is 3.98. The zero-order valence-electron chi connectivity index (χ0n) is 15.2. The smallest absolute Gasteiger partial charge is 0.262 e. The Hall–Kier alpha value is -1.73. The van der Waals surface area contributed by atoms with Gasteiger partial charge in [-0.1, -0.05) is 0 Å². The van der Waals surface area contributed by atoms with Crippen molar-refractivity contribution in [2.75, 3.05) is 6.54 Å². The molecule has 26 heavy (non-hydrogen) atoms. The van der Waals surface area contributed by atoms with Crippen molar-refractivity contribution in [2.45, 2.75) is 64.0 Å². The highest BCUT2D eigenvalue weighted by Gasteiger charge is 2.41. The number of hydrogen-bond acceptors (Lipinski definition) is 5. The maximum absolute atomic E-state index is 12.9. The van der Waals surface area contributed by atoms with Gasteiger partial charge in [0.1, 0.15) is 4.83 Å². The van der Waals surface area contributed by atoms with Crippen LogP contribution in [0.4, 0.5) is 0 Å². The predicted molar refractivity (Wildman–Crippen MR) is 103 cm³/mol. The van der Waals surface area contributed by atoms with E-state index in [1.807, 2.05) is 6.92 Å². The first-order valence-corrected chi connectivity index (χ1v) is 10.3. The fraction of sp³-hybridized carbons (Fsp3) is 0.632. The van der Waals surface area contributed by atoms with Crippen LogP contribution in [-0.2, 0) is 24.2 Å². The summed E-state index contributed by atoms with van der Waals surface area (Å²) in [6, 6.07) is 0. The Kier molecular flexibility index (Phi) is 4.61. The number of fused-ring (bicyclic) bond motifs is 3. The molecule has 1 saturated carbocycles. The van der Waals surface area contributed by atoms with Gasteiger partial charge in [0.2, 0.25) is 5.91 Å². The monoisotopic (exact) mass is 374 g/mol. The van der Waals surface area contributed by atoms with Gasteiger partial charge >= 0.3 is 0 Å². The summed E-state index contributed by atoms with van der Waals surface area (Å²) in [7, 11) is 0. The molecule has 140 valence electrons. The third kappa shape index (κ3) is 3.18. The largest absolute Gasteiger partial charge is 0.349 e. The molecule has 3 N–H and O–H groups in total. The molecule has 1 fully saturated rings. The molecule has 0 aromatic carbocycles. The number of nitrogens with zero attached hydrogens (tertiary/aromatic N) is 2. The lowest BCUT2D eigenvalue weighted by atomic mass is 9.96. The van der Waals surface area contributed by atoms with Crippen molar-refractivity contribution in [1.29, 1.82) is 0 Å². The van der Waals surface area contributed by atoms with E-state index in [0.717, 1.165) is 42.3 Å². The van der Waals surface area contributed by atoms with Gasteiger partial charge in [-0.2, -0.15) is 0 Å². The minimum Gasteiger partial charge on any atom is -0.349 e. The van der Waals surface area contributed by atoms with Crippen molar-refractivity contribution >= 4 is 27.5 Å². The molecule has 1 amide bonds. The number of thiophene rings is 1. The highest BCUT2D eigenvalue weighted by atomic mass is 32.1. The maximum Gasteiger partial charge on any atom is 0.262 e. The van der Waals surface area contributed by atoms with Crippen molar-refractivity contribution in [3.05, 3.63) is 27.1 Å². The number of amides is 1. The van der Waals surface area contributed by atoms with Gasteiger partial charge in [0.05, 0.1) is 17.3 Å². The van der Waals surface area contributed by atoms with Gasteiger partial charge in [-0.3, -0.25) is 14.2 Å². The molecule has 0 bridgehead atoms. The van der Waals surface area contributed by atoms with Crippen LogP contribution in [0, 0.1) is 5.92 Å².